The molecule has 0 saturated heterocycles. The van der Waals surface area contributed by atoms with Crippen LogP contribution in [0.2, 0.25) is 10.0 Å². The first kappa shape index (κ1) is 15.4. The van der Waals surface area contributed by atoms with Gasteiger partial charge >= 0.3 is 0 Å². The topological polar surface area (TPSA) is 29.9 Å². The molecule has 0 radical (unpaired) electrons. The van der Waals surface area contributed by atoms with Gasteiger partial charge in [-0.05, 0) is 38.6 Å². The molecule has 108 valence electrons. The predicted molar refractivity (Wildman–Crippen MR) is 84.6 cm³/mol. The third kappa shape index (κ3) is 3.17. The fourth-order valence-corrected chi connectivity index (χ4v) is 2.84. The van der Waals surface area contributed by atoms with Gasteiger partial charge in [0, 0.05) is 24.7 Å². The van der Waals surface area contributed by atoms with E-state index in [1.54, 1.807) is 6.07 Å². The number of nitrogens with zero attached hydrogens (tertiary/aromatic N) is 2. The highest BCUT2D eigenvalue weighted by atomic mass is 35.5. The Morgan fingerprint density at radius 3 is 2.75 bits per heavy atom. The van der Waals surface area contributed by atoms with Crippen LogP contribution < -0.4 is 5.32 Å². The van der Waals surface area contributed by atoms with E-state index in [1.165, 1.54) is 5.69 Å². The number of hydrogen-bond acceptors (Lipinski definition) is 2. The average Bonchev–Trinajstić information content (AvgIpc) is 2.79. The molecule has 3 nitrogen and oxygen atoms in total. The lowest BCUT2D eigenvalue weighted by atomic mass is 10.0. The molecule has 0 bridgehead atoms. The third-order valence-electron chi connectivity index (χ3n) is 3.40. The normalized spacial score (nSPS) is 12.7. The van der Waals surface area contributed by atoms with Gasteiger partial charge in [0.2, 0.25) is 0 Å². The van der Waals surface area contributed by atoms with Gasteiger partial charge in [-0.2, -0.15) is 5.10 Å². The Hall–Kier alpha value is -1.03. The van der Waals surface area contributed by atoms with E-state index in [0.717, 1.165) is 24.2 Å². The largest absolute Gasteiger partial charge is 0.313 e. The maximum absolute atomic E-state index is 6.32. The molecule has 0 aliphatic carbocycles. The summed E-state index contributed by atoms with van der Waals surface area (Å²) in [5, 5.41) is 9.00. The van der Waals surface area contributed by atoms with Gasteiger partial charge in [0.1, 0.15) is 0 Å². The second-order valence-corrected chi connectivity index (χ2v) is 5.57. The van der Waals surface area contributed by atoms with Crippen LogP contribution in [0.15, 0.2) is 24.3 Å². The van der Waals surface area contributed by atoms with Gasteiger partial charge in [-0.3, -0.25) is 4.68 Å². The molecule has 0 spiro atoms. The molecule has 2 rings (SSSR count). The second kappa shape index (κ2) is 6.61. The summed E-state index contributed by atoms with van der Waals surface area (Å²) in [6.45, 7) is 4.97. The van der Waals surface area contributed by atoms with Crippen LogP contribution in [-0.2, 0) is 13.0 Å². The first-order valence-corrected chi connectivity index (χ1v) is 7.46. The highest BCUT2D eigenvalue weighted by Crippen LogP contribution is 2.31. The zero-order valence-corrected chi connectivity index (χ0v) is 13.5. The Morgan fingerprint density at radius 2 is 2.10 bits per heavy atom. The number of aromatic nitrogens is 2. The summed E-state index contributed by atoms with van der Waals surface area (Å²) < 4.78 is 2.03. The van der Waals surface area contributed by atoms with E-state index in [1.807, 2.05) is 30.8 Å². The highest BCUT2D eigenvalue weighted by molar-refractivity contribution is 6.42. The SMILES string of the molecule is CCn1nc(C)cc1CC(NC)c1cccc(Cl)c1Cl. The number of nitrogens with one attached hydrogen (secondary N) is 1. The molecule has 1 heterocycles. The number of benzene rings is 1. The van der Waals surface area contributed by atoms with Gasteiger partial charge < -0.3 is 5.32 Å². The van der Waals surface area contributed by atoms with Crippen LogP contribution in [0.5, 0.6) is 0 Å². The molecule has 0 saturated carbocycles. The zero-order valence-electron chi connectivity index (χ0n) is 12.0. The van der Waals surface area contributed by atoms with E-state index in [-0.39, 0.29) is 6.04 Å². The van der Waals surface area contributed by atoms with Crippen LogP contribution in [0.4, 0.5) is 0 Å². The van der Waals surface area contributed by atoms with Crippen molar-refractivity contribution >= 4 is 23.2 Å². The minimum Gasteiger partial charge on any atom is -0.313 e. The van der Waals surface area contributed by atoms with Crippen LogP contribution >= 0.6 is 23.2 Å². The predicted octanol–water partition coefficient (Wildman–Crippen LogP) is 4.02. The molecule has 1 atom stereocenters. The van der Waals surface area contributed by atoms with Gasteiger partial charge in [-0.25, -0.2) is 0 Å². The van der Waals surface area contributed by atoms with Gasteiger partial charge in [0.05, 0.1) is 15.7 Å². The third-order valence-corrected chi connectivity index (χ3v) is 4.24. The Bertz CT molecular complexity index is 593. The quantitative estimate of drug-likeness (QED) is 0.903. The van der Waals surface area contributed by atoms with Crippen molar-refractivity contribution in [1.82, 2.24) is 15.1 Å². The van der Waals surface area contributed by atoms with Crippen LogP contribution in [0, 0.1) is 6.92 Å². The van der Waals surface area contributed by atoms with Gasteiger partial charge in [-0.1, -0.05) is 35.3 Å². The van der Waals surface area contributed by atoms with E-state index >= 15 is 0 Å². The Kier molecular flexibility index (Phi) is 5.08. The summed E-state index contributed by atoms with van der Waals surface area (Å²) in [5.74, 6) is 0. The van der Waals surface area contributed by atoms with Crippen LogP contribution in [0.3, 0.4) is 0 Å². The van der Waals surface area contributed by atoms with E-state index in [9.17, 15) is 0 Å². The molecule has 0 fully saturated rings. The van der Waals surface area contributed by atoms with E-state index in [0.29, 0.717) is 10.0 Å². The van der Waals surface area contributed by atoms with Crippen LogP contribution in [0.1, 0.15) is 29.9 Å². The van der Waals surface area contributed by atoms with Gasteiger partial charge in [0.15, 0.2) is 0 Å². The van der Waals surface area contributed by atoms with E-state index in [2.05, 4.69) is 23.4 Å². The van der Waals surface area contributed by atoms with Crippen LogP contribution in [-0.4, -0.2) is 16.8 Å². The van der Waals surface area contributed by atoms with Crippen LogP contribution in [0.25, 0.3) is 0 Å². The maximum Gasteiger partial charge on any atom is 0.0640 e. The Balaban J connectivity index is 2.31. The number of likely N-dealkylation sites (N-methyl/N-ethyl adjacent to an activating group) is 1. The van der Waals surface area contributed by atoms with Crippen molar-refractivity contribution in [2.24, 2.45) is 0 Å². The highest BCUT2D eigenvalue weighted by Gasteiger charge is 2.17. The number of rotatable bonds is 5. The molecule has 5 heteroatoms. The van der Waals surface area contributed by atoms with Crippen molar-refractivity contribution in [3.05, 3.63) is 51.3 Å². The van der Waals surface area contributed by atoms with Crippen molar-refractivity contribution in [1.29, 1.82) is 0 Å². The van der Waals surface area contributed by atoms with Gasteiger partial charge in [0.25, 0.3) is 0 Å². The summed E-state index contributed by atoms with van der Waals surface area (Å²) in [6.07, 6.45) is 0.825. The van der Waals surface area contributed by atoms with Crippen molar-refractivity contribution in [2.45, 2.75) is 32.9 Å². The monoisotopic (exact) mass is 311 g/mol. The van der Waals surface area contributed by atoms with Crippen molar-refractivity contribution in [3.63, 3.8) is 0 Å². The number of hydrogen-bond donors (Lipinski definition) is 1. The molecule has 0 aliphatic heterocycles. The summed E-state index contributed by atoms with van der Waals surface area (Å²) in [4.78, 5) is 0. The standard InChI is InChI=1S/C15H19Cl2N3/c1-4-20-11(8-10(2)19-20)9-14(18-3)12-6-5-7-13(16)15(12)17/h5-8,14,18H,4,9H2,1-3H3. The summed E-state index contributed by atoms with van der Waals surface area (Å²) in [6, 6.07) is 7.97. The first-order valence-electron chi connectivity index (χ1n) is 6.71. The molecule has 20 heavy (non-hydrogen) atoms. The fourth-order valence-electron chi connectivity index (χ4n) is 2.40. The second-order valence-electron chi connectivity index (χ2n) is 4.78. The van der Waals surface area contributed by atoms with Gasteiger partial charge in [-0.15, -0.1) is 0 Å². The summed E-state index contributed by atoms with van der Waals surface area (Å²) >= 11 is 12.4. The molecule has 1 aromatic carbocycles. The van der Waals surface area contributed by atoms with E-state index in [4.69, 9.17) is 23.2 Å². The first-order chi connectivity index (χ1) is 9.56. The Morgan fingerprint density at radius 1 is 1.35 bits per heavy atom. The molecule has 1 aromatic heterocycles. The minimum atomic E-state index is 0.114. The molecule has 1 N–H and O–H groups in total. The molecular weight excluding hydrogens is 293 g/mol. The van der Waals surface area contributed by atoms with Crippen molar-refractivity contribution in [3.8, 4) is 0 Å². The molecule has 1 unspecified atom stereocenters. The lowest BCUT2D eigenvalue weighted by molar-refractivity contribution is 0.541. The lowest BCUT2D eigenvalue weighted by Crippen LogP contribution is -2.21. The molecule has 2 aromatic rings. The maximum atomic E-state index is 6.32. The summed E-state index contributed by atoms with van der Waals surface area (Å²) in [5.41, 5.74) is 3.25. The molecular formula is C15H19Cl2N3. The zero-order chi connectivity index (χ0) is 14.7. The molecule has 0 aliphatic rings. The summed E-state index contributed by atoms with van der Waals surface area (Å²) in [7, 11) is 1.93. The Labute approximate surface area is 129 Å². The number of halogens is 2. The minimum absolute atomic E-state index is 0.114. The van der Waals surface area contributed by atoms with E-state index < -0.39 is 0 Å². The number of aryl methyl sites for hydroxylation is 2. The van der Waals surface area contributed by atoms with Crippen molar-refractivity contribution < 1.29 is 0 Å². The smallest absolute Gasteiger partial charge is 0.0640 e. The molecule has 0 amide bonds. The lowest BCUT2D eigenvalue weighted by Gasteiger charge is -2.19. The van der Waals surface area contributed by atoms with Crippen molar-refractivity contribution in [2.75, 3.05) is 7.05 Å². The fraction of sp³-hybridized carbons (Fsp3) is 0.400. The average molecular weight is 312 g/mol.